The van der Waals surface area contributed by atoms with Gasteiger partial charge in [0.15, 0.2) is 0 Å². The lowest BCUT2D eigenvalue weighted by atomic mass is 10.2. The second-order valence-corrected chi connectivity index (χ2v) is 4.52. The van der Waals surface area contributed by atoms with Gasteiger partial charge in [-0.25, -0.2) is 9.18 Å². The van der Waals surface area contributed by atoms with Crippen LogP contribution in [0.1, 0.15) is 17.0 Å². The zero-order chi connectivity index (χ0) is 15.4. The highest BCUT2D eigenvalue weighted by atomic mass is 19.1. The average molecular weight is 288 g/mol. The van der Waals surface area contributed by atoms with Crippen molar-refractivity contribution in [1.82, 2.24) is 10.1 Å². The summed E-state index contributed by atoms with van der Waals surface area (Å²) in [6.45, 7) is 2.01. The summed E-state index contributed by atoms with van der Waals surface area (Å²) in [5, 5.41) is 15.3. The Balaban J connectivity index is 2.06. The molecule has 6 nitrogen and oxygen atoms in total. The normalized spacial score (nSPS) is 10.0. The highest BCUT2D eigenvalue weighted by molar-refractivity contribution is 5.90. The number of halogens is 1. The molecule has 7 heteroatoms. The SMILES string of the molecule is Cc1cc(CN(C)C(=O)Nc2ccc(F)cc2C#N)no1. The largest absolute Gasteiger partial charge is 0.361 e. The number of urea groups is 1. The third-order valence-electron chi connectivity index (χ3n) is 2.77. The minimum absolute atomic E-state index is 0.0639. The molecule has 0 unspecified atom stereocenters. The smallest absolute Gasteiger partial charge is 0.321 e. The molecular formula is C14H13FN4O2. The van der Waals surface area contributed by atoms with Crippen LogP contribution in [0.5, 0.6) is 0 Å². The molecule has 0 spiro atoms. The Kier molecular flexibility index (Phi) is 4.18. The van der Waals surface area contributed by atoms with Crippen LogP contribution in [0.15, 0.2) is 28.8 Å². The van der Waals surface area contributed by atoms with Crippen molar-refractivity contribution < 1.29 is 13.7 Å². The van der Waals surface area contributed by atoms with Crippen LogP contribution in [0.4, 0.5) is 14.9 Å². The van der Waals surface area contributed by atoms with E-state index in [9.17, 15) is 9.18 Å². The molecule has 1 heterocycles. The summed E-state index contributed by atoms with van der Waals surface area (Å²) in [5.74, 6) is 0.125. The summed E-state index contributed by atoms with van der Waals surface area (Å²) in [6.07, 6.45) is 0. The second-order valence-electron chi connectivity index (χ2n) is 4.52. The first-order chi connectivity index (χ1) is 9.99. The number of aromatic nitrogens is 1. The summed E-state index contributed by atoms with van der Waals surface area (Å²) < 4.78 is 17.9. The van der Waals surface area contributed by atoms with Gasteiger partial charge < -0.3 is 14.7 Å². The minimum Gasteiger partial charge on any atom is -0.361 e. The lowest BCUT2D eigenvalue weighted by Gasteiger charge is -2.17. The Labute approximate surface area is 120 Å². The molecule has 2 rings (SSSR count). The standard InChI is InChI=1S/C14H13FN4O2/c1-9-5-12(18-21-9)8-19(2)14(20)17-13-4-3-11(15)6-10(13)7-16/h3-6H,8H2,1-2H3,(H,17,20). The Morgan fingerprint density at radius 1 is 1.52 bits per heavy atom. The lowest BCUT2D eigenvalue weighted by molar-refractivity contribution is 0.219. The predicted octanol–water partition coefficient (Wildman–Crippen LogP) is 2.66. The number of carbonyl (C=O) groups excluding carboxylic acids is 1. The van der Waals surface area contributed by atoms with Gasteiger partial charge in [-0.3, -0.25) is 0 Å². The molecule has 1 N–H and O–H groups in total. The van der Waals surface area contributed by atoms with Crippen molar-refractivity contribution in [1.29, 1.82) is 5.26 Å². The molecule has 21 heavy (non-hydrogen) atoms. The van der Waals surface area contributed by atoms with E-state index in [1.54, 1.807) is 20.0 Å². The molecule has 1 aromatic carbocycles. The molecule has 0 fully saturated rings. The van der Waals surface area contributed by atoms with E-state index in [1.807, 2.05) is 6.07 Å². The first-order valence-corrected chi connectivity index (χ1v) is 6.13. The van der Waals surface area contributed by atoms with Crippen molar-refractivity contribution in [3.63, 3.8) is 0 Å². The fourth-order valence-electron chi connectivity index (χ4n) is 1.74. The number of benzene rings is 1. The van der Waals surface area contributed by atoms with Gasteiger partial charge in [0.05, 0.1) is 17.8 Å². The fraction of sp³-hybridized carbons (Fsp3) is 0.214. The third-order valence-corrected chi connectivity index (χ3v) is 2.77. The molecule has 0 aliphatic carbocycles. The zero-order valence-corrected chi connectivity index (χ0v) is 11.6. The Hall–Kier alpha value is -2.88. The van der Waals surface area contributed by atoms with E-state index in [0.29, 0.717) is 11.5 Å². The van der Waals surface area contributed by atoms with E-state index in [0.717, 1.165) is 6.07 Å². The number of hydrogen-bond acceptors (Lipinski definition) is 4. The Bertz CT molecular complexity index is 705. The predicted molar refractivity (Wildman–Crippen MR) is 72.8 cm³/mol. The first kappa shape index (κ1) is 14.5. The van der Waals surface area contributed by atoms with Crippen LogP contribution in [0.25, 0.3) is 0 Å². The van der Waals surface area contributed by atoms with E-state index in [4.69, 9.17) is 9.78 Å². The molecule has 0 atom stereocenters. The number of nitrogens with one attached hydrogen (secondary N) is 1. The van der Waals surface area contributed by atoms with Gasteiger partial charge in [-0.05, 0) is 25.1 Å². The number of amides is 2. The number of nitriles is 1. The van der Waals surface area contributed by atoms with Crippen molar-refractivity contribution in [3.05, 3.63) is 47.1 Å². The van der Waals surface area contributed by atoms with Crippen LogP contribution >= 0.6 is 0 Å². The molecule has 0 aliphatic rings. The van der Waals surface area contributed by atoms with Crippen LogP contribution in [-0.4, -0.2) is 23.1 Å². The van der Waals surface area contributed by atoms with Gasteiger partial charge >= 0.3 is 6.03 Å². The van der Waals surface area contributed by atoms with Gasteiger partial charge in [0.25, 0.3) is 0 Å². The topological polar surface area (TPSA) is 82.2 Å². The molecule has 0 bridgehead atoms. The van der Waals surface area contributed by atoms with Crippen LogP contribution in [0, 0.1) is 24.1 Å². The van der Waals surface area contributed by atoms with Crippen molar-refractivity contribution >= 4 is 11.7 Å². The van der Waals surface area contributed by atoms with E-state index >= 15 is 0 Å². The fourth-order valence-corrected chi connectivity index (χ4v) is 1.74. The lowest BCUT2D eigenvalue weighted by Crippen LogP contribution is -2.31. The number of rotatable bonds is 3. The van der Waals surface area contributed by atoms with Gasteiger partial charge in [-0.15, -0.1) is 0 Å². The highest BCUT2D eigenvalue weighted by Crippen LogP contribution is 2.16. The molecule has 2 amide bonds. The maximum Gasteiger partial charge on any atom is 0.321 e. The van der Waals surface area contributed by atoms with E-state index in [2.05, 4.69) is 10.5 Å². The summed E-state index contributed by atoms with van der Waals surface area (Å²) in [7, 11) is 1.58. The molecule has 0 aliphatic heterocycles. The van der Waals surface area contributed by atoms with Gasteiger partial charge in [0.2, 0.25) is 0 Å². The third kappa shape index (κ3) is 3.57. The van der Waals surface area contributed by atoms with Crippen molar-refractivity contribution in [2.75, 3.05) is 12.4 Å². The quantitative estimate of drug-likeness (QED) is 0.941. The van der Waals surface area contributed by atoms with E-state index in [-0.39, 0.29) is 17.8 Å². The zero-order valence-electron chi connectivity index (χ0n) is 11.6. The number of nitrogens with zero attached hydrogens (tertiary/aromatic N) is 3. The van der Waals surface area contributed by atoms with Crippen molar-refractivity contribution in [2.24, 2.45) is 0 Å². The highest BCUT2D eigenvalue weighted by Gasteiger charge is 2.13. The molecule has 108 valence electrons. The molecule has 0 saturated heterocycles. The number of carbonyl (C=O) groups is 1. The molecular weight excluding hydrogens is 275 g/mol. The van der Waals surface area contributed by atoms with Crippen molar-refractivity contribution in [2.45, 2.75) is 13.5 Å². The minimum atomic E-state index is -0.532. The van der Waals surface area contributed by atoms with Gasteiger partial charge in [-0.2, -0.15) is 5.26 Å². The second kappa shape index (κ2) is 6.05. The van der Waals surface area contributed by atoms with Crippen LogP contribution in [0.2, 0.25) is 0 Å². The number of hydrogen-bond donors (Lipinski definition) is 1. The van der Waals surface area contributed by atoms with Crippen molar-refractivity contribution in [3.8, 4) is 6.07 Å². The molecule has 0 saturated carbocycles. The Morgan fingerprint density at radius 3 is 2.90 bits per heavy atom. The summed E-state index contributed by atoms with van der Waals surface area (Å²) in [6, 6.07) is 6.72. The number of aryl methyl sites for hydroxylation is 1. The van der Waals surface area contributed by atoms with Crippen LogP contribution < -0.4 is 5.32 Å². The summed E-state index contributed by atoms with van der Waals surface area (Å²) in [5.41, 5.74) is 0.936. The molecule has 1 aromatic heterocycles. The van der Waals surface area contributed by atoms with Crippen LogP contribution in [-0.2, 0) is 6.54 Å². The van der Waals surface area contributed by atoms with Crippen LogP contribution in [0.3, 0.4) is 0 Å². The van der Waals surface area contributed by atoms with Gasteiger partial charge in [-0.1, -0.05) is 5.16 Å². The van der Waals surface area contributed by atoms with E-state index < -0.39 is 11.8 Å². The molecule has 0 radical (unpaired) electrons. The first-order valence-electron chi connectivity index (χ1n) is 6.13. The summed E-state index contributed by atoms with van der Waals surface area (Å²) >= 11 is 0. The number of anilines is 1. The summed E-state index contributed by atoms with van der Waals surface area (Å²) in [4.78, 5) is 13.4. The maximum absolute atomic E-state index is 13.0. The maximum atomic E-state index is 13.0. The van der Waals surface area contributed by atoms with E-state index in [1.165, 1.54) is 17.0 Å². The van der Waals surface area contributed by atoms with Gasteiger partial charge in [0.1, 0.15) is 23.3 Å². The average Bonchev–Trinajstić information content (AvgIpc) is 2.85. The molecule has 2 aromatic rings. The monoisotopic (exact) mass is 288 g/mol. The van der Waals surface area contributed by atoms with Gasteiger partial charge in [0, 0.05) is 13.1 Å². The Morgan fingerprint density at radius 2 is 2.29 bits per heavy atom.